The molecule has 1 aromatic rings. The topological polar surface area (TPSA) is 74.7 Å². The fourth-order valence-electron chi connectivity index (χ4n) is 1.47. The molecule has 1 aromatic carbocycles. The standard InChI is InChI=1S/C12H17NO4S/c1-9(18(3,16)17)12(15)13(2)8-10-6-4-5-7-11(10)14/h4-7,9,14H,8H2,1-3H3. The van der Waals surface area contributed by atoms with E-state index in [-0.39, 0.29) is 12.3 Å². The Morgan fingerprint density at radius 1 is 1.39 bits per heavy atom. The van der Waals surface area contributed by atoms with Crippen molar-refractivity contribution in [3.63, 3.8) is 0 Å². The van der Waals surface area contributed by atoms with Crippen LogP contribution < -0.4 is 0 Å². The molecule has 0 saturated carbocycles. The van der Waals surface area contributed by atoms with E-state index in [4.69, 9.17) is 0 Å². The molecule has 0 fully saturated rings. The third-order valence-corrected chi connectivity index (χ3v) is 4.25. The van der Waals surface area contributed by atoms with Gasteiger partial charge in [-0.05, 0) is 13.0 Å². The second kappa shape index (κ2) is 5.39. The predicted molar refractivity (Wildman–Crippen MR) is 68.9 cm³/mol. The third kappa shape index (κ3) is 3.46. The largest absolute Gasteiger partial charge is 0.508 e. The Kier molecular flexibility index (Phi) is 4.34. The predicted octanol–water partition coefficient (Wildman–Crippen LogP) is 0.784. The molecule has 1 rings (SSSR count). The molecule has 0 aliphatic carbocycles. The Labute approximate surface area is 107 Å². The average Bonchev–Trinajstić information content (AvgIpc) is 2.29. The minimum Gasteiger partial charge on any atom is -0.508 e. The molecule has 0 saturated heterocycles. The molecular formula is C12H17NO4S. The van der Waals surface area contributed by atoms with Crippen LogP contribution in [0.15, 0.2) is 24.3 Å². The van der Waals surface area contributed by atoms with Gasteiger partial charge in [-0.1, -0.05) is 18.2 Å². The Balaban J connectivity index is 2.81. The smallest absolute Gasteiger partial charge is 0.240 e. The highest BCUT2D eigenvalue weighted by Gasteiger charge is 2.26. The number of carbonyl (C=O) groups excluding carboxylic acids is 1. The van der Waals surface area contributed by atoms with Crippen molar-refractivity contribution < 1.29 is 18.3 Å². The zero-order chi connectivity index (χ0) is 13.9. The van der Waals surface area contributed by atoms with Crippen LogP contribution in [0, 0.1) is 0 Å². The minimum atomic E-state index is -3.40. The number of rotatable bonds is 4. The molecule has 1 amide bonds. The first-order chi connectivity index (χ1) is 8.23. The van der Waals surface area contributed by atoms with Crippen molar-refractivity contribution in [2.75, 3.05) is 13.3 Å². The highest BCUT2D eigenvalue weighted by molar-refractivity contribution is 7.92. The maximum absolute atomic E-state index is 11.9. The molecule has 0 bridgehead atoms. The SMILES string of the molecule is CC(C(=O)N(C)Cc1ccccc1O)S(C)(=O)=O. The molecule has 0 radical (unpaired) electrons. The van der Waals surface area contributed by atoms with Crippen LogP contribution in [0.3, 0.4) is 0 Å². The summed E-state index contributed by atoms with van der Waals surface area (Å²) in [6.45, 7) is 1.53. The summed E-state index contributed by atoms with van der Waals surface area (Å²) < 4.78 is 22.6. The number of hydrogen-bond acceptors (Lipinski definition) is 4. The molecule has 0 aliphatic rings. The Morgan fingerprint density at radius 2 is 1.94 bits per heavy atom. The molecule has 1 N–H and O–H groups in total. The van der Waals surface area contributed by atoms with Gasteiger partial charge < -0.3 is 10.0 Å². The Hall–Kier alpha value is -1.56. The lowest BCUT2D eigenvalue weighted by atomic mass is 10.2. The quantitative estimate of drug-likeness (QED) is 0.878. The van der Waals surface area contributed by atoms with E-state index in [1.54, 1.807) is 18.2 Å². The van der Waals surface area contributed by atoms with E-state index in [1.807, 2.05) is 0 Å². The summed E-state index contributed by atoms with van der Waals surface area (Å²) in [6, 6.07) is 6.63. The summed E-state index contributed by atoms with van der Waals surface area (Å²) in [5.74, 6) is -0.398. The number of carbonyl (C=O) groups is 1. The summed E-state index contributed by atoms with van der Waals surface area (Å²) in [5, 5.41) is 8.51. The third-order valence-electron chi connectivity index (χ3n) is 2.77. The Morgan fingerprint density at radius 3 is 2.44 bits per heavy atom. The van der Waals surface area contributed by atoms with E-state index in [1.165, 1.54) is 24.9 Å². The number of hydrogen-bond donors (Lipinski definition) is 1. The number of phenolic OH excluding ortho intramolecular Hbond substituents is 1. The number of para-hydroxylation sites is 1. The number of aromatic hydroxyl groups is 1. The zero-order valence-corrected chi connectivity index (χ0v) is 11.4. The average molecular weight is 271 g/mol. The van der Waals surface area contributed by atoms with Gasteiger partial charge in [0.25, 0.3) is 0 Å². The monoisotopic (exact) mass is 271 g/mol. The molecule has 1 unspecified atom stereocenters. The summed E-state index contributed by atoms with van der Waals surface area (Å²) >= 11 is 0. The van der Waals surface area contributed by atoms with E-state index in [2.05, 4.69) is 0 Å². The van der Waals surface area contributed by atoms with Gasteiger partial charge in [-0.15, -0.1) is 0 Å². The molecule has 6 heteroatoms. The van der Waals surface area contributed by atoms with Gasteiger partial charge in [0.2, 0.25) is 5.91 Å². The van der Waals surface area contributed by atoms with Gasteiger partial charge in [-0.3, -0.25) is 4.79 Å². The minimum absolute atomic E-state index is 0.0872. The summed E-state index contributed by atoms with van der Waals surface area (Å²) in [4.78, 5) is 13.2. The second-order valence-corrected chi connectivity index (χ2v) is 6.66. The van der Waals surface area contributed by atoms with Crippen molar-refractivity contribution in [1.29, 1.82) is 0 Å². The normalized spacial score (nSPS) is 13.1. The van der Waals surface area contributed by atoms with Crippen LogP contribution in [-0.4, -0.2) is 42.9 Å². The number of phenols is 1. The molecule has 18 heavy (non-hydrogen) atoms. The van der Waals surface area contributed by atoms with Crippen LogP contribution in [0.1, 0.15) is 12.5 Å². The van der Waals surface area contributed by atoms with Crippen molar-refractivity contribution in [1.82, 2.24) is 4.90 Å². The van der Waals surface area contributed by atoms with Gasteiger partial charge in [-0.25, -0.2) is 8.42 Å². The molecule has 0 spiro atoms. The zero-order valence-electron chi connectivity index (χ0n) is 10.6. The summed E-state index contributed by atoms with van der Waals surface area (Å²) in [5.41, 5.74) is 0.578. The molecule has 0 heterocycles. The van der Waals surface area contributed by atoms with Crippen LogP contribution in [0.5, 0.6) is 5.75 Å². The highest BCUT2D eigenvalue weighted by atomic mass is 32.2. The lowest BCUT2D eigenvalue weighted by Gasteiger charge is -2.21. The molecular weight excluding hydrogens is 254 g/mol. The van der Waals surface area contributed by atoms with E-state index in [9.17, 15) is 18.3 Å². The summed E-state index contributed by atoms with van der Waals surface area (Å²) in [7, 11) is -1.89. The van der Waals surface area contributed by atoms with Gasteiger partial charge in [0.05, 0.1) is 0 Å². The van der Waals surface area contributed by atoms with E-state index in [0.29, 0.717) is 5.56 Å². The van der Waals surface area contributed by atoms with Crippen molar-refractivity contribution in [2.24, 2.45) is 0 Å². The van der Waals surface area contributed by atoms with Crippen molar-refractivity contribution in [2.45, 2.75) is 18.7 Å². The molecule has 0 aliphatic heterocycles. The number of benzene rings is 1. The molecule has 1 atom stereocenters. The maximum Gasteiger partial charge on any atom is 0.240 e. The summed E-state index contributed by atoms with van der Waals surface area (Å²) in [6.07, 6.45) is 1.03. The number of nitrogens with zero attached hydrogens (tertiary/aromatic N) is 1. The van der Waals surface area contributed by atoms with Gasteiger partial charge in [0, 0.05) is 25.4 Å². The van der Waals surface area contributed by atoms with Crippen molar-refractivity contribution in [3.8, 4) is 5.75 Å². The number of amides is 1. The lowest BCUT2D eigenvalue weighted by molar-refractivity contribution is -0.129. The highest BCUT2D eigenvalue weighted by Crippen LogP contribution is 2.17. The fraction of sp³-hybridized carbons (Fsp3) is 0.417. The second-order valence-electron chi connectivity index (χ2n) is 4.29. The van der Waals surface area contributed by atoms with Gasteiger partial charge in [0.1, 0.15) is 11.0 Å². The van der Waals surface area contributed by atoms with E-state index in [0.717, 1.165) is 6.26 Å². The molecule has 100 valence electrons. The fourth-order valence-corrected chi connectivity index (χ4v) is 2.02. The van der Waals surface area contributed by atoms with Gasteiger partial charge >= 0.3 is 0 Å². The van der Waals surface area contributed by atoms with Crippen LogP contribution in [0.4, 0.5) is 0 Å². The maximum atomic E-state index is 11.9. The van der Waals surface area contributed by atoms with Crippen LogP contribution in [-0.2, 0) is 21.2 Å². The number of sulfone groups is 1. The lowest BCUT2D eigenvalue weighted by Crippen LogP contribution is -2.38. The Bertz CT molecular complexity index is 539. The van der Waals surface area contributed by atoms with E-state index >= 15 is 0 Å². The first kappa shape index (κ1) is 14.5. The van der Waals surface area contributed by atoms with E-state index < -0.39 is 21.0 Å². The van der Waals surface area contributed by atoms with Crippen LogP contribution in [0.2, 0.25) is 0 Å². The van der Waals surface area contributed by atoms with Gasteiger partial charge in [-0.2, -0.15) is 0 Å². The van der Waals surface area contributed by atoms with Crippen molar-refractivity contribution in [3.05, 3.63) is 29.8 Å². The first-order valence-electron chi connectivity index (χ1n) is 5.44. The molecule has 5 nitrogen and oxygen atoms in total. The first-order valence-corrected chi connectivity index (χ1v) is 7.39. The van der Waals surface area contributed by atoms with Crippen molar-refractivity contribution >= 4 is 15.7 Å². The van der Waals surface area contributed by atoms with Crippen LogP contribution in [0.25, 0.3) is 0 Å². The molecule has 0 aromatic heterocycles. The van der Waals surface area contributed by atoms with Gasteiger partial charge in [0.15, 0.2) is 9.84 Å². The van der Waals surface area contributed by atoms with Crippen LogP contribution >= 0.6 is 0 Å².